The molecule has 0 fully saturated rings. The predicted molar refractivity (Wildman–Crippen MR) is 98.9 cm³/mol. The Balaban J connectivity index is 1.74. The van der Waals surface area contributed by atoms with E-state index in [4.69, 9.17) is 23.2 Å². The quantitative estimate of drug-likeness (QED) is 0.549. The van der Waals surface area contributed by atoms with E-state index in [0.717, 1.165) is 22.3 Å². The van der Waals surface area contributed by atoms with Crippen LogP contribution in [0, 0.1) is 6.92 Å². The van der Waals surface area contributed by atoms with Crippen LogP contribution in [0.5, 0.6) is 5.88 Å². The number of hydrogen-bond donors (Lipinski definition) is 2. The number of aromatic nitrogens is 4. The molecular weight excluding hydrogens is 359 g/mol. The van der Waals surface area contributed by atoms with Gasteiger partial charge in [0, 0.05) is 22.0 Å². The fraction of sp³-hybridized carbons (Fsp3) is 0.111. The second-order valence-electron chi connectivity index (χ2n) is 5.82. The van der Waals surface area contributed by atoms with Crippen LogP contribution in [0.1, 0.15) is 16.8 Å². The highest BCUT2D eigenvalue weighted by Crippen LogP contribution is 2.28. The topological polar surface area (TPSA) is 66.7 Å². The molecule has 0 amide bonds. The largest absolute Gasteiger partial charge is 0.493 e. The number of rotatable bonds is 3. The van der Waals surface area contributed by atoms with Crippen molar-refractivity contribution in [1.29, 1.82) is 0 Å². The molecule has 2 aromatic heterocycles. The molecule has 0 saturated carbocycles. The van der Waals surface area contributed by atoms with E-state index < -0.39 is 0 Å². The number of H-pyrrole nitrogens is 1. The van der Waals surface area contributed by atoms with Gasteiger partial charge in [-0.05, 0) is 42.8 Å². The molecule has 0 aliphatic rings. The van der Waals surface area contributed by atoms with Gasteiger partial charge in [-0.25, -0.2) is 4.98 Å². The van der Waals surface area contributed by atoms with E-state index >= 15 is 0 Å². The van der Waals surface area contributed by atoms with Crippen molar-refractivity contribution in [3.63, 3.8) is 0 Å². The van der Waals surface area contributed by atoms with Gasteiger partial charge >= 0.3 is 0 Å². The minimum Gasteiger partial charge on any atom is -0.493 e. The maximum absolute atomic E-state index is 10.6. The molecule has 0 bridgehead atoms. The Hall–Kier alpha value is -2.50. The number of benzene rings is 2. The van der Waals surface area contributed by atoms with Gasteiger partial charge in [0.15, 0.2) is 0 Å². The normalized spacial score (nSPS) is 11.3. The van der Waals surface area contributed by atoms with Gasteiger partial charge in [0.2, 0.25) is 11.8 Å². The number of nitrogens with one attached hydrogen (secondary N) is 1. The standard InChI is InChI=1S/C18H14Cl2N4O/c1-10-14(8-11-2-4-12(19)5-3-11)17(25)24(23-10)18-21-15-7-6-13(20)9-16(15)22-18/h2-7,9,25H,8H2,1H3,(H,21,22). The van der Waals surface area contributed by atoms with Crippen LogP contribution < -0.4 is 0 Å². The van der Waals surface area contributed by atoms with Crippen LogP contribution in [0.25, 0.3) is 17.0 Å². The smallest absolute Gasteiger partial charge is 0.232 e. The first-order valence-electron chi connectivity index (χ1n) is 7.69. The number of imidazole rings is 1. The van der Waals surface area contributed by atoms with Gasteiger partial charge in [0.1, 0.15) is 0 Å². The van der Waals surface area contributed by atoms with Crippen molar-refractivity contribution in [2.75, 3.05) is 0 Å². The van der Waals surface area contributed by atoms with Crippen molar-refractivity contribution in [1.82, 2.24) is 19.7 Å². The first-order valence-corrected chi connectivity index (χ1v) is 8.44. The van der Waals surface area contributed by atoms with Crippen LogP contribution >= 0.6 is 23.2 Å². The molecular formula is C18H14Cl2N4O. The average molecular weight is 373 g/mol. The van der Waals surface area contributed by atoms with E-state index in [2.05, 4.69) is 15.1 Å². The molecule has 2 N–H and O–H groups in total. The van der Waals surface area contributed by atoms with Crippen LogP contribution in [-0.4, -0.2) is 24.9 Å². The summed E-state index contributed by atoms with van der Waals surface area (Å²) < 4.78 is 1.41. The SMILES string of the molecule is Cc1nn(-c2nc3cc(Cl)ccc3[nH]2)c(O)c1Cc1ccc(Cl)cc1. The van der Waals surface area contributed by atoms with Crippen molar-refractivity contribution in [2.24, 2.45) is 0 Å². The third-order valence-electron chi connectivity index (χ3n) is 4.08. The Morgan fingerprint density at radius 2 is 1.80 bits per heavy atom. The zero-order valence-corrected chi connectivity index (χ0v) is 14.8. The minimum atomic E-state index is 0.0672. The van der Waals surface area contributed by atoms with Crippen LogP contribution in [0.15, 0.2) is 42.5 Å². The number of aromatic amines is 1. The fourth-order valence-corrected chi connectivity index (χ4v) is 3.07. The molecule has 4 rings (SSSR count). The first-order chi connectivity index (χ1) is 12.0. The molecule has 0 atom stereocenters. The molecule has 0 spiro atoms. The van der Waals surface area contributed by atoms with E-state index in [1.54, 1.807) is 12.1 Å². The Morgan fingerprint density at radius 1 is 1.08 bits per heavy atom. The van der Waals surface area contributed by atoms with E-state index in [9.17, 15) is 5.11 Å². The number of aryl methyl sites for hydroxylation is 1. The summed E-state index contributed by atoms with van der Waals surface area (Å²) in [6, 6.07) is 12.9. The monoisotopic (exact) mass is 372 g/mol. The summed E-state index contributed by atoms with van der Waals surface area (Å²) in [7, 11) is 0. The summed E-state index contributed by atoms with van der Waals surface area (Å²) in [6.45, 7) is 1.86. The van der Waals surface area contributed by atoms with Gasteiger partial charge in [-0.2, -0.15) is 9.78 Å². The molecule has 0 radical (unpaired) electrons. The highest BCUT2D eigenvalue weighted by atomic mass is 35.5. The van der Waals surface area contributed by atoms with Gasteiger partial charge in [0.05, 0.1) is 16.7 Å². The number of hydrogen-bond acceptors (Lipinski definition) is 3. The second-order valence-corrected chi connectivity index (χ2v) is 6.70. The summed E-state index contributed by atoms with van der Waals surface area (Å²) in [5.74, 6) is 0.512. The zero-order valence-electron chi connectivity index (χ0n) is 13.3. The van der Waals surface area contributed by atoms with Gasteiger partial charge in [-0.15, -0.1) is 0 Å². The van der Waals surface area contributed by atoms with E-state index in [1.807, 2.05) is 37.3 Å². The number of aromatic hydroxyl groups is 1. The second kappa shape index (κ2) is 6.10. The van der Waals surface area contributed by atoms with Gasteiger partial charge in [0.25, 0.3) is 0 Å². The van der Waals surface area contributed by atoms with Crippen molar-refractivity contribution in [3.05, 3.63) is 69.3 Å². The summed E-state index contributed by atoms with van der Waals surface area (Å²) >= 11 is 11.9. The maximum Gasteiger partial charge on any atom is 0.232 e. The molecule has 126 valence electrons. The highest BCUT2D eigenvalue weighted by molar-refractivity contribution is 6.31. The Morgan fingerprint density at radius 3 is 2.56 bits per heavy atom. The van der Waals surface area contributed by atoms with Crippen LogP contribution in [0.4, 0.5) is 0 Å². The molecule has 0 aliphatic heterocycles. The first kappa shape index (κ1) is 16.0. The molecule has 4 aromatic rings. The Kier molecular flexibility index (Phi) is 3.90. The predicted octanol–water partition coefficient (Wildman–Crippen LogP) is 4.66. The van der Waals surface area contributed by atoms with Gasteiger partial charge in [-0.1, -0.05) is 35.3 Å². The molecule has 2 aromatic carbocycles. The fourth-order valence-electron chi connectivity index (χ4n) is 2.77. The third kappa shape index (κ3) is 2.97. The van der Waals surface area contributed by atoms with E-state index in [0.29, 0.717) is 27.9 Å². The van der Waals surface area contributed by atoms with Gasteiger partial charge < -0.3 is 10.1 Å². The number of fused-ring (bicyclic) bond motifs is 1. The maximum atomic E-state index is 10.6. The highest BCUT2D eigenvalue weighted by Gasteiger charge is 2.18. The lowest BCUT2D eigenvalue weighted by Crippen LogP contribution is -1.98. The average Bonchev–Trinajstić information content (AvgIpc) is 3.12. The van der Waals surface area contributed by atoms with Crippen LogP contribution in [-0.2, 0) is 6.42 Å². The van der Waals surface area contributed by atoms with Crippen molar-refractivity contribution < 1.29 is 5.11 Å². The number of halogens is 2. The molecule has 25 heavy (non-hydrogen) atoms. The van der Waals surface area contributed by atoms with Gasteiger partial charge in [-0.3, -0.25) is 0 Å². The minimum absolute atomic E-state index is 0.0672. The number of nitrogens with zero attached hydrogens (tertiary/aromatic N) is 3. The Bertz CT molecular complexity index is 1070. The molecule has 5 nitrogen and oxygen atoms in total. The summed E-state index contributed by atoms with van der Waals surface area (Å²) in [5.41, 5.74) is 4.07. The lowest BCUT2D eigenvalue weighted by atomic mass is 10.1. The molecule has 0 aliphatic carbocycles. The lowest BCUT2D eigenvalue weighted by molar-refractivity contribution is 0.426. The van der Waals surface area contributed by atoms with Crippen LogP contribution in [0.3, 0.4) is 0 Å². The van der Waals surface area contributed by atoms with Crippen molar-refractivity contribution in [3.8, 4) is 11.8 Å². The van der Waals surface area contributed by atoms with E-state index in [-0.39, 0.29) is 5.88 Å². The van der Waals surface area contributed by atoms with E-state index in [1.165, 1.54) is 4.68 Å². The molecule has 2 heterocycles. The summed E-state index contributed by atoms with van der Waals surface area (Å²) in [5, 5.41) is 16.4. The lowest BCUT2D eigenvalue weighted by Gasteiger charge is -2.02. The van der Waals surface area contributed by atoms with Crippen molar-refractivity contribution in [2.45, 2.75) is 13.3 Å². The summed E-state index contributed by atoms with van der Waals surface area (Å²) in [6.07, 6.45) is 0.556. The molecule has 0 saturated heterocycles. The van der Waals surface area contributed by atoms with Crippen molar-refractivity contribution >= 4 is 34.2 Å². The zero-order chi connectivity index (χ0) is 17.6. The molecule has 0 unspecified atom stereocenters. The third-order valence-corrected chi connectivity index (χ3v) is 4.57. The summed E-state index contributed by atoms with van der Waals surface area (Å²) in [4.78, 5) is 7.61. The van der Waals surface area contributed by atoms with Crippen LogP contribution in [0.2, 0.25) is 10.0 Å². The molecule has 7 heteroatoms. The Labute approximate surface area is 153 Å².